The van der Waals surface area contributed by atoms with Crippen LogP contribution in [0.15, 0.2) is 42.1 Å². The third kappa shape index (κ3) is 4.77. The maximum Gasteiger partial charge on any atom is 0.411 e. The number of nitrogens with zero attached hydrogens (tertiary/aromatic N) is 2. The van der Waals surface area contributed by atoms with Crippen LogP contribution in [0.25, 0.3) is 0 Å². The first kappa shape index (κ1) is 19.8. The number of rotatable bonds is 4. The molecule has 0 aliphatic carbocycles. The van der Waals surface area contributed by atoms with E-state index < -0.39 is 18.1 Å². The molecule has 3 rings (SSSR count). The number of hydrogen-bond donors (Lipinski definition) is 0. The number of methoxy groups -OCH3 is 1. The van der Waals surface area contributed by atoms with Crippen LogP contribution in [0.3, 0.4) is 0 Å². The number of benzene rings is 1. The fraction of sp³-hybridized carbons (Fsp3) is 0.500. The van der Waals surface area contributed by atoms with Crippen molar-refractivity contribution in [3.63, 3.8) is 0 Å². The van der Waals surface area contributed by atoms with Crippen LogP contribution in [0.1, 0.15) is 32.3 Å². The van der Waals surface area contributed by atoms with Crippen molar-refractivity contribution in [1.82, 2.24) is 9.80 Å². The van der Waals surface area contributed by atoms with Gasteiger partial charge in [0.2, 0.25) is 0 Å². The molecule has 1 fully saturated rings. The van der Waals surface area contributed by atoms with Crippen molar-refractivity contribution < 1.29 is 19.1 Å². The van der Waals surface area contributed by atoms with Crippen LogP contribution in [0.5, 0.6) is 0 Å². The summed E-state index contributed by atoms with van der Waals surface area (Å²) >= 11 is 0. The van der Waals surface area contributed by atoms with E-state index in [1.54, 1.807) is 0 Å². The summed E-state index contributed by atoms with van der Waals surface area (Å²) in [4.78, 5) is 28.1. The number of amides is 1. The molecule has 2 aliphatic rings. The number of carbonyl (C=O) groups is 2. The van der Waals surface area contributed by atoms with E-state index in [4.69, 9.17) is 9.47 Å². The normalized spacial score (nSPS) is 18.7. The summed E-state index contributed by atoms with van der Waals surface area (Å²) in [5, 5.41) is 0. The molecule has 1 unspecified atom stereocenters. The van der Waals surface area contributed by atoms with Crippen molar-refractivity contribution >= 4 is 12.1 Å². The van der Waals surface area contributed by atoms with Crippen LogP contribution < -0.4 is 0 Å². The third-order valence-electron chi connectivity index (χ3n) is 4.41. The smallest absolute Gasteiger partial charge is 0.411 e. The number of esters is 1. The third-order valence-corrected chi connectivity index (χ3v) is 4.41. The molecule has 0 spiro atoms. The van der Waals surface area contributed by atoms with Crippen LogP contribution in [-0.2, 0) is 20.9 Å². The standard InChI is InChI=1S/C18H22N2O4.C2H6/c1-23-17(21)16-11-15(19-9-5-6-10-19)12-20(16)18(22)24-13-14-7-3-2-4-8-14;1-2/h2-4,7-8,11,16H,5-6,9-10,12-13H2,1H3;1-2H3. The van der Waals surface area contributed by atoms with Crippen molar-refractivity contribution in [3.05, 3.63) is 47.7 Å². The van der Waals surface area contributed by atoms with E-state index in [1.165, 1.54) is 12.0 Å². The highest BCUT2D eigenvalue weighted by molar-refractivity contribution is 5.84. The van der Waals surface area contributed by atoms with E-state index in [9.17, 15) is 9.59 Å². The van der Waals surface area contributed by atoms with Gasteiger partial charge in [-0.3, -0.25) is 4.90 Å². The van der Waals surface area contributed by atoms with Gasteiger partial charge in [0.1, 0.15) is 6.61 Å². The van der Waals surface area contributed by atoms with Gasteiger partial charge < -0.3 is 14.4 Å². The highest BCUT2D eigenvalue weighted by atomic mass is 16.6. The lowest BCUT2D eigenvalue weighted by molar-refractivity contribution is -0.144. The number of likely N-dealkylation sites (tertiary alicyclic amines) is 1. The largest absolute Gasteiger partial charge is 0.467 e. The lowest BCUT2D eigenvalue weighted by Crippen LogP contribution is -2.42. The second kappa shape index (κ2) is 9.85. The summed E-state index contributed by atoms with van der Waals surface area (Å²) in [5.41, 5.74) is 1.91. The fourth-order valence-corrected chi connectivity index (χ4v) is 3.10. The van der Waals surface area contributed by atoms with Gasteiger partial charge in [-0.05, 0) is 24.5 Å². The van der Waals surface area contributed by atoms with E-state index in [0.717, 1.165) is 37.2 Å². The molecular formula is C20H28N2O4. The Balaban J connectivity index is 0.00000117. The first-order valence-electron chi connectivity index (χ1n) is 9.20. The van der Waals surface area contributed by atoms with Crippen molar-refractivity contribution in [3.8, 4) is 0 Å². The lowest BCUT2D eigenvalue weighted by atomic mass is 10.2. The van der Waals surface area contributed by atoms with Crippen LogP contribution in [0.4, 0.5) is 4.79 Å². The Morgan fingerprint density at radius 1 is 1.12 bits per heavy atom. The lowest BCUT2D eigenvalue weighted by Gasteiger charge is -2.24. The topological polar surface area (TPSA) is 59.1 Å². The average Bonchev–Trinajstić information content (AvgIpc) is 3.37. The molecule has 1 aromatic rings. The van der Waals surface area contributed by atoms with Crippen LogP contribution in [-0.4, -0.2) is 54.6 Å². The van der Waals surface area contributed by atoms with Gasteiger partial charge in [-0.15, -0.1) is 0 Å². The first-order valence-corrected chi connectivity index (χ1v) is 9.20. The van der Waals surface area contributed by atoms with E-state index in [1.807, 2.05) is 50.3 Å². The summed E-state index contributed by atoms with van der Waals surface area (Å²) in [6, 6.07) is 8.76. The van der Waals surface area contributed by atoms with Gasteiger partial charge in [-0.2, -0.15) is 0 Å². The number of ether oxygens (including phenoxy) is 2. The van der Waals surface area contributed by atoms with Crippen LogP contribution in [0, 0.1) is 0 Å². The molecule has 0 saturated carbocycles. The summed E-state index contributed by atoms with van der Waals surface area (Å²) < 4.78 is 10.2. The Labute approximate surface area is 155 Å². The molecule has 0 N–H and O–H groups in total. The maximum absolute atomic E-state index is 12.5. The Hall–Kier alpha value is -2.50. The molecule has 6 nitrogen and oxygen atoms in total. The molecule has 6 heteroatoms. The van der Waals surface area contributed by atoms with Gasteiger partial charge >= 0.3 is 12.1 Å². The Bertz CT molecular complexity index is 624. The molecule has 26 heavy (non-hydrogen) atoms. The molecule has 0 radical (unpaired) electrons. The highest BCUT2D eigenvalue weighted by Gasteiger charge is 2.37. The Kier molecular flexibility index (Phi) is 7.51. The zero-order chi connectivity index (χ0) is 18.9. The minimum Gasteiger partial charge on any atom is -0.467 e. The Morgan fingerprint density at radius 2 is 1.77 bits per heavy atom. The van der Waals surface area contributed by atoms with E-state index in [0.29, 0.717) is 6.54 Å². The van der Waals surface area contributed by atoms with Gasteiger partial charge in [0, 0.05) is 18.8 Å². The zero-order valence-corrected chi connectivity index (χ0v) is 15.8. The molecule has 142 valence electrons. The molecule has 1 atom stereocenters. The Morgan fingerprint density at radius 3 is 2.38 bits per heavy atom. The molecule has 2 heterocycles. The van der Waals surface area contributed by atoms with E-state index >= 15 is 0 Å². The number of carbonyl (C=O) groups excluding carboxylic acids is 2. The quantitative estimate of drug-likeness (QED) is 0.772. The van der Waals surface area contributed by atoms with Crippen molar-refractivity contribution in [2.24, 2.45) is 0 Å². The molecule has 1 saturated heterocycles. The fourth-order valence-electron chi connectivity index (χ4n) is 3.10. The monoisotopic (exact) mass is 360 g/mol. The predicted octanol–water partition coefficient (Wildman–Crippen LogP) is 3.19. The van der Waals surface area contributed by atoms with Crippen LogP contribution in [0.2, 0.25) is 0 Å². The maximum atomic E-state index is 12.5. The predicted molar refractivity (Wildman–Crippen MR) is 99.4 cm³/mol. The van der Waals surface area contributed by atoms with Gasteiger partial charge in [0.25, 0.3) is 0 Å². The molecule has 0 bridgehead atoms. The summed E-state index contributed by atoms with van der Waals surface area (Å²) in [6.45, 7) is 6.50. The summed E-state index contributed by atoms with van der Waals surface area (Å²) in [7, 11) is 1.33. The van der Waals surface area contributed by atoms with Crippen molar-refractivity contribution in [1.29, 1.82) is 0 Å². The van der Waals surface area contributed by atoms with Gasteiger partial charge in [-0.1, -0.05) is 44.2 Å². The van der Waals surface area contributed by atoms with Crippen molar-refractivity contribution in [2.45, 2.75) is 39.3 Å². The molecule has 2 aliphatic heterocycles. The van der Waals surface area contributed by atoms with Crippen molar-refractivity contribution in [2.75, 3.05) is 26.7 Å². The molecule has 1 aromatic carbocycles. The van der Waals surface area contributed by atoms with Gasteiger partial charge in [-0.25, -0.2) is 9.59 Å². The second-order valence-corrected chi connectivity index (χ2v) is 5.99. The highest BCUT2D eigenvalue weighted by Crippen LogP contribution is 2.25. The average molecular weight is 360 g/mol. The minimum absolute atomic E-state index is 0.184. The number of hydrogen-bond acceptors (Lipinski definition) is 5. The molecular weight excluding hydrogens is 332 g/mol. The summed E-state index contributed by atoms with van der Waals surface area (Å²) in [5.74, 6) is -0.444. The summed E-state index contributed by atoms with van der Waals surface area (Å²) in [6.07, 6.45) is 3.60. The zero-order valence-electron chi connectivity index (χ0n) is 15.8. The first-order chi connectivity index (χ1) is 12.7. The van der Waals surface area contributed by atoms with Gasteiger partial charge in [0.05, 0.1) is 13.7 Å². The van der Waals surface area contributed by atoms with Crippen LogP contribution >= 0.6 is 0 Å². The van der Waals surface area contributed by atoms with Gasteiger partial charge in [0.15, 0.2) is 6.04 Å². The second-order valence-electron chi connectivity index (χ2n) is 5.99. The SMILES string of the molecule is CC.COC(=O)C1C=C(N2CCCC2)CN1C(=O)OCc1ccccc1. The molecule has 0 aromatic heterocycles. The molecule has 1 amide bonds. The van der Waals surface area contributed by atoms with E-state index in [2.05, 4.69) is 4.90 Å². The van der Waals surface area contributed by atoms with E-state index in [-0.39, 0.29) is 6.61 Å². The minimum atomic E-state index is -0.714.